The maximum atomic E-state index is 14.3. The van der Waals surface area contributed by atoms with E-state index in [9.17, 15) is 9.18 Å². The Labute approximate surface area is 172 Å². The van der Waals surface area contributed by atoms with E-state index in [2.05, 4.69) is 20.3 Å². The van der Waals surface area contributed by atoms with Gasteiger partial charge in [-0.05, 0) is 44.7 Å². The lowest BCUT2D eigenvalue weighted by Gasteiger charge is -2.31. The fraction of sp³-hybridized carbons (Fsp3) is 0.429. The van der Waals surface area contributed by atoms with Gasteiger partial charge in [0.05, 0.1) is 23.5 Å². The molecule has 3 aliphatic rings. The summed E-state index contributed by atoms with van der Waals surface area (Å²) in [5, 5.41) is 7.27. The predicted molar refractivity (Wildman–Crippen MR) is 106 cm³/mol. The number of nitrogens with zero attached hydrogens (tertiary/aromatic N) is 5. The summed E-state index contributed by atoms with van der Waals surface area (Å²) >= 11 is 0. The lowest BCUT2D eigenvalue weighted by Crippen LogP contribution is -2.48. The number of fused-ring (bicyclic) bond motifs is 3. The molecule has 8 nitrogen and oxygen atoms in total. The number of carbonyl (C=O) groups is 1. The maximum Gasteiger partial charge on any atom is 0.257 e. The summed E-state index contributed by atoms with van der Waals surface area (Å²) in [6.45, 7) is 4.74. The van der Waals surface area contributed by atoms with Crippen molar-refractivity contribution in [1.82, 2.24) is 24.9 Å². The second-order valence-corrected chi connectivity index (χ2v) is 9.01. The Kier molecular flexibility index (Phi) is 3.33. The third-order valence-corrected chi connectivity index (χ3v) is 6.44. The normalized spacial score (nSPS) is 26.6. The van der Waals surface area contributed by atoms with Crippen LogP contribution in [0.2, 0.25) is 0 Å². The van der Waals surface area contributed by atoms with E-state index in [-0.39, 0.29) is 23.9 Å². The molecule has 1 amide bonds. The molecule has 1 spiro atoms. The van der Waals surface area contributed by atoms with Gasteiger partial charge in [0.15, 0.2) is 5.65 Å². The standard InChI is InChI=1S/C21H21FN6O2/c1-20(2)11-30-19-15(7-13(22)9-23-19)21-8-12(21)3-5-27(21)16-4-6-28-17(25-16)14(10-24-28)18(29)26-20/h4,6-7,9-10,12H,3,5,8,11H2,1-2H3,(H,26,29)/t12-,21+/m0/s1. The molecule has 2 atom stereocenters. The highest BCUT2D eigenvalue weighted by molar-refractivity contribution is 6.00. The zero-order valence-electron chi connectivity index (χ0n) is 16.7. The van der Waals surface area contributed by atoms with Crippen molar-refractivity contribution in [3.8, 4) is 5.88 Å². The molecule has 6 rings (SSSR count). The van der Waals surface area contributed by atoms with Crippen molar-refractivity contribution < 1.29 is 13.9 Å². The van der Waals surface area contributed by atoms with Gasteiger partial charge >= 0.3 is 0 Å². The first-order chi connectivity index (χ1) is 14.4. The summed E-state index contributed by atoms with van der Waals surface area (Å²) in [7, 11) is 0. The quantitative estimate of drug-likeness (QED) is 0.614. The number of halogens is 1. The molecule has 1 aliphatic carbocycles. The molecule has 3 aromatic rings. The zero-order chi connectivity index (χ0) is 20.7. The van der Waals surface area contributed by atoms with Gasteiger partial charge in [-0.3, -0.25) is 4.79 Å². The molecule has 0 unspecified atom stereocenters. The highest BCUT2D eigenvalue weighted by Gasteiger charge is 2.65. The van der Waals surface area contributed by atoms with Crippen LogP contribution in [0.1, 0.15) is 42.6 Å². The van der Waals surface area contributed by atoms with Crippen LogP contribution in [0.4, 0.5) is 10.2 Å². The molecule has 0 radical (unpaired) electrons. The minimum Gasteiger partial charge on any atom is -0.475 e. The van der Waals surface area contributed by atoms with Gasteiger partial charge in [0.2, 0.25) is 5.88 Å². The molecule has 1 N–H and O–H groups in total. The van der Waals surface area contributed by atoms with E-state index in [1.54, 1.807) is 4.52 Å². The third kappa shape index (κ3) is 2.37. The van der Waals surface area contributed by atoms with Crippen LogP contribution in [0.15, 0.2) is 30.7 Å². The van der Waals surface area contributed by atoms with Gasteiger partial charge in [0, 0.05) is 18.3 Å². The molecule has 3 aromatic heterocycles. The Hall–Kier alpha value is -3.23. The molecular formula is C21H21FN6O2. The molecule has 9 heteroatoms. The second kappa shape index (κ2) is 5.68. The van der Waals surface area contributed by atoms with E-state index in [0.717, 1.165) is 30.8 Å². The van der Waals surface area contributed by atoms with Crippen molar-refractivity contribution in [2.75, 3.05) is 18.1 Å². The number of pyridine rings is 1. The predicted octanol–water partition coefficient (Wildman–Crippen LogP) is 2.29. The van der Waals surface area contributed by atoms with Crippen LogP contribution < -0.4 is 15.0 Å². The Morgan fingerprint density at radius 3 is 3.03 bits per heavy atom. The summed E-state index contributed by atoms with van der Waals surface area (Å²) in [5.41, 5.74) is 0.595. The Morgan fingerprint density at radius 1 is 1.33 bits per heavy atom. The van der Waals surface area contributed by atoms with E-state index >= 15 is 0 Å². The fourth-order valence-corrected chi connectivity index (χ4v) is 4.95. The van der Waals surface area contributed by atoms with Gasteiger partial charge < -0.3 is 15.0 Å². The summed E-state index contributed by atoms with van der Waals surface area (Å²) in [6.07, 6.45) is 6.40. The average Bonchev–Trinajstić information content (AvgIpc) is 3.09. The van der Waals surface area contributed by atoms with E-state index in [4.69, 9.17) is 9.72 Å². The molecule has 1 saturated carbocycles. The van der Waals surface area contributed by atoms with E-state index in [0.29, 0.717) is 23.0 Å². The average molecular weight is 408 g/mol. The maximum absolute atomic E-state index is 14.3. The van der Waals surface area contributed by atoms with Gasteiger partial charge in [0.25, 0.3) is 5.91 Å². The van der Waals surface area contributed by atoms with Gasteiger partial charge in [-0.2, -0.15) is 5.10 Å². The number of hydrogen-bond donors (Lipinski definition) is 1. The highest BCUT2D eigenvalue weighted by Crippen LogP contribution is 2.64. The molecule has 2 bridgehead atoms. The molecule has 0 aromatic carbocycles. The van der Waals surface area contributed by atoms with Crippen molar-refractivity contribution in [1.29, 1.82) is 0 Å². The topological polar surface area (TPSA) is 84.7 Å². The van der Waals surface area contributed by atoms with Crippen molar-refractivity contribution in [2.24, 2.45) is 5.92 Å². The number of rotatable bonds is 0. The smallest absolute Gasteiger partial charge is 0.257 e. The largest absolute Gasteiger partial charge is 0.475 e. The molecule has 1 saturated heterocycles. The monoisotopic (exact) mass is 408 g/mol. The molecule has 2 fully saturated rings. The van der Waals surface area contributed by atoms with Gasteiger partial charge in [-0.15, -0.1) is 0 Å². The summed E-state index contributed by atoms with van der Waals surface area (Å²) in [4.78, 5) is 24.2. The number of carbonyl (C=O) groups excluding carboxylic acids is 1. The Bertz CT molecular complexity index is 1210. The SMILES string of the molecule is CC1(C)COc2ncc(F)cc2[C@@]23C[C@@H]2CCN3c2ccn3ncc(c3n2)C(=O)N1. The number of aromatic nitrogens is 4. The number of nitrogens with one attached hydrogen (secondary N) is 1. The minimum absolute atomic E-state index is 0.195. The first-order valence-electron chi connectivity index (χ1n) is 10.1. The van der Waals surface area contributed by atoms with Crippen LogP contribution in [0.3, 0.4) is 0 Å². The molecular weight excluding hydrogens is 387 g/mol. The summed E-state index contributed by atoms with van der Waals surface area (Å²) in [5.74, 6) is 0.892. The summed E-state index contributed by atoms with van der Waals surface area (Å²) in [6, 6.07) is 3.43. The van der Waals surface area contributed by atoms with Crippen molar-refractivity contribution >= 4 is 17.4 Å². The van der Waals surface area contributed by atoms with Crippen LogP contribution in [-0.2, 0) is 5.54 Å². The van der Waals surface area contributed by atoms with E-state index < -0.39 is 5.54 Å². The minimum atomic E-state index is -0.680. The molecule has 30 heavy (non-hydrogen) atoms. The van der Waals surface area contributed by atoms with Crippen LogP contribution in [0.5, 0.6) is 5.88 Å². The zero-order valence-corrected chi connectivity index (χ0v) is 16.7. The van der Waals surface area contributed by atoms with Crippen LogP contribution in [-0.4, -0.2) is 44.2 Å². The van der Waals surface area contributed by atoms with Crippen LogP contribution in [0, 0.1) is 11.7 Å². The number of piperidine rings is 1. The van der Waals surface area contributed by atoms with Gasteiger partial charge in [0.1, 0.15) is 23.8 Å². The van der Waals surface area contributed by atoms with Crippen molar-refractivity contribution in [2.45, 2.75) is 37.8 Å². The molecule has 5 heterocycles. The molecule has 2 aliphatic heterocycles. The van der Waals surface area contributed by atoms with Crippen molar-refractivity contribution in [3.63, 3.8) is 0 Å². The Balaban J connectivity index is 1.59. The number of hydrogen-bond acceptors (Lipinski definition) is 6. The lowest BCUT2D eigenvalue weighted by atomic mass is 10.0. The van der Waals surface area contributed by atoms with Crippen LogP contribution in [0.25, 0.3) is 5.65 Å². The molecule has 154 valence electrons. The fourth-order valence-electron chi connectivity index (χ4n) is 4.95. The highest BCUT2D eigenvalue weighted by atomic mass is 19.1. The number of anilines is 1. The van der Waals surface area contributed by atoms with E-state index in [1.165, 1.54) is 18.5 Å². The first kappa shape index (κ1) is 17.6. The van der Waals surface area contributed by atoms with Crippen LogP contribution >= 0.6 is 0 Å². The second-order valence-electron chi connectivity index (χ2n) is 9.01. The first-order valence-corrected chi connectivity index (χ1v) is 10.1. The third-order valence-electron chi connectivity index (χ3n) is 6.44. The van der Waals surface area contributed by atoms with E-state index in [1.807, 2.05) is 26.1 Å². The lowest BCUT2D eigenvalue weighted by molar-refractivity contribution is 0.0879. The number of amides is 1. The summed E-state index contributed by atoms with van der Waals surface area (Å²) < 4.78 is 21.9. The van der Waals surface area contributed by atoms with Crippen molar-refractivity contribution in [3.05, 3.63) is 47.7 Å². The number of ether oxygens (including phenoxy) is 1. The van der Waals surface area contributed by atoms with Gasteiger partial charge in [-0.25, -0.2) is 18.9 Å². The van der Waals surface area contributed by atoms with Gasteiger partial charge in [-0.1, -0.05) is 0 Å². The Morgan fingerprint density at radius 2 is 2.20 bits per heavy atom.